The number of ether oxygens (including phenoxy) is 1. The maximum Gasteiger partial charge on any atom is 0.321 e. The van der Waals surface area contributed by atoms with Gasteiger partial charge < -0.3 is 4.74 Å². The van der Waals surface area contributed by atoms with Crippen molar-refractivity contribution in [2.75, 3.05) is 13.2 Å². The summed E-state index contributed by atoms with van der Waals surface area (Å²) in [5.41, 5.74) is 2.07. The van der Waals surface area contributed by atoms with Crippen molar-refractivity contribution in [2.45, 2.75) is 6.92 Å². The molecular weight excluding hydrogens is 390 g/mol. The van der Waals surface area contributed by atoms with Gasteiger partial charge in [0.05, 0.1) is 0 Å². The van der Waals surface area contributed by atoms with E-state index in [9.17, 15) is 18.0 Å². The van der Waals surface area contributed by atoms with Crippen LogP contribution in [0.3, 0.4) is 0 Å². The summed E-state index contributed by atoms with van der Waals surface area (Å²) in [4.78, 5) is 23.6. The van der Waals surface area contributed by atoms with Crippen molar-refractivity contribution in [1.29, 1.82) is 0 Å². The predicted molar refractivity (Wildman–Crippen MR) is 104 cm³/mol. The van der Waals surface area contributed by atoms with Crippen molar-refractivity contribution in [3.63, 3.8) is 0 Å². The summed E-state index contributed by atoms with van der Waals surface area (Å²) >= 11 is 5.79. The summed E-state index contributed by atoms with van der Waals surface area (Å²) in [6, 6.07) is 13.5. The Balaban J connectivity index is 1.81. The lowest BCUT2D eigenvalue weighted by Crippen LogP contribution is -2.30. The zero-order chi connectivity index (χ0) is 19.9. The van der Waals surface area contributed by atoms with Gasteiger partial charge in [-0.1, -0.05) is 53.6 Å². The van der Waals surface area contributed by atoms with E-state index in [0.717, 1.165) is 11.0 Å². The monoisotopic (exact) mass is 407 g/mol. The second-order valence-corrected chi connectivity index (χ2v) is 7.76. The summed E-state index contributed by atoms with van der Waals surface area (Å²) in [7, 11) is -3.82. The zero-order valence-electron chi connectivity index (χ0n) is 14.5. The molecule has 0 spiro atoms. The number of hydrogen-bond acceptors (Lipinski definition) is 5. The number of carbonyl (C=O) groups excluding carboxylic acids is 2. The van der Waals surface area contributed by atoms with Crippen LogP contribution in [0.1, 0.15) is 21.5 Å². The molecule has 27 heavy (non-hydrogen) atoms. The molecule has 0 atom stereocenters. The molecule has 0 saturated heterocycles. The Labute approximate surface area is 162 Å². The fourth-order valence-electron chi connectivity index (χ4n) is 2.00. The molecule has 142 valence electrons. The fourth-order valence-corrected chi connectivity index (χ4v) is 2.94. The van der Waals surface area contributed by atoms with E-state index in [0.29, 0.717) is 16.1 Å². The molecule has 0 unspecified atom stereocenters. The lowest BCUT2D eigenvalue weighted by molar-refractivity contribution is -0.141. The topological polar surface area (TPSA) is 89.5 Å². The van der Waals surface area contributed by atoms with Crippen molar-refractivity contribution in [3.05, 3.63) is 75.7 Å². The number of Topliss-reactive ketones (excluding diaryl/α,β-unsaturated/α-hetero) is 1. The molecule has 0 aliphatic rings. The van der Waals surface area contributed by atoms with Gasteiger partial charge in [0, 0.05) is 16.0 Å². The molecule has 8 heteroatoms. The molecule has 2 aromatic rings. The normalized spacial score (nSPS) is 11.5. The third kappa shape index (κ3) is 7.34. The van der Waals surface area contributed by atoms with E-state index in [1.165, 1.54) is 12.1 Å². The molecule has 2 aromatic carbocycles. The van der Waals surface area contributed by atoms with Crippen LogP contribution in [0, 0.1) is 6.92 Å². The highest BCUT2D eigenvalue weighted by molar-refractivity contribution is 7.92. The Hall–Kier alpha value is -2.48. The fraction of sp³-hybridized carbons (Fsp3) is 0.158. The maximum atomic E-state index is 11.9. The number of aryl methyl sites for hydroxylation is 1. The summed E-state index contributed by atoms with van der Waals surface area (Å²) < 4.78 is 30.6. The highest BCUT2D eigenvalue weighted by atomic mass is 35.5. The van der Waals surface area contributed by atoms with Crippen molar-refractivity contribution >= 4 is 39.5 Å². The van der Waals surface area contributed by atoms with Gasteiger partial charge in [0.15, 0.2) is 12.4 Å². The van der Waals surface area contributed by atoms with E-state index in [1.807, 2.05) is 19.1 Å². The van der Waals surface area contributed by atoms with Gasteiger partial charge in [-0.05, 0) is 30.7 Å². The maximum absolute atomic E-state index is 11.9. The minimum atomic E-state index is -3.82. The van der Waals surface area contributed by atoms with E-state index >= 15 is 0 Å². The number of carbonyl (C=O) groups is 2. The first kappa shape index (κ1) is 20.8. The number of esters is 1. The average Bonchev–Trinajstić information content (AvgIpc) is 2.64. The number of rotatable bonds is 8. The molecular formula is C19H18ClNO5S. The summed E-state index contributed by atoms with van der Waals surface area (Å²) in [5.74, 6) is -1.30. The van der Waals surface area contributed by atoms with E-state index < -0.39 is 34.9 Å². The third-order valence-corrected chi connectivity index (χ3v) is 4.72. The standard InChI is InChI=1S/C19H18ClNO5S/c1-14-5-7-15(8-6-14)9-10-27(24,25)21-12-19(23)26-13-18(22)16-3-2-4-17(20)11-16/h2-11,21H,12-13H2,1H3/b10-9+. The lowest BCUT2D eigenvalue weighted by atomic mass is 10.1. The second-order valence-electron chi connectivity index (χ2n) is 5.67. The smallest absolute Gasteiger partial charge is 0.321 e. The Morgan fingerprint density at radius 1 is 1.15 bits per heavy atom. The molecule has 6 nitrogen and oxygen atoms in total. The molecule has 0 fully saturated rings. The minimum Gasteiger partial charge on any atom is -0.456 e. The quantitative estimate of drug-likeness (QED) is 0.536. The van der Waals surface area contributed by atoms with Crippen LogP contribution >= 0.6 is 11.6 Å². The largest absolute Gasteiger partial charge is 0.456 e. The van der Waals surface area contributed by atoms with Gasteiger partial charge in [0.25, 0.3) is 0 Å². The van der Waals surface area contributed by atoms with Crippen LogP contribution in [-0.4, -0.2) is 33.3 Å². The molecule has 0 saturated carbocycles. The van der Waals surface area contributed by atoms with Crippen LogP contribution in [0.4, 0.5) is 0 Å². The van der Waals surface area contributed by atoms with E-state index in [2.05, 4.69) is 4.72 Å². The van der Waals surface area contributed by atoms with Crippen LogP contribution in [0.2, 0.25) is 5.02 Å². The van der Waals surface area contributed by atoms with E-state index in [1.54, 1.807) is 30.3 Å². The van der Waals surface area contributed by atoms with Gasteiger partial charge in [0.1, 0.15) is 6.54 Å². The van der Waals surface area contributed by atoms with Crippen LogP contribution < -0.4 is 4.72 Å². The Morgan fingerprint density at radius 2 is 1.85 bits per heavy atom. The average molecular weight is 408 g/mol. The van der Waals surface area contributed by atoms with Crippen LogP contribution in [0.15, 0.2) is 53.9 Å². The van der Waals surface area contributed by atoms with Gasteiger partial charge in [0.2, 0.25) is 10.0 Å². The highest BCUT2D eigenvalue weighted by Crippen LogP contribution is 2.11. The Kier molecular flexibility index (Phi) is 7.29. The van der Waals surface area contributed by atoms with Crippen molar-refractivity contribution in [3.8, 4) is 0 Å². The lowest BCUT2D eigenvalue weighted by Gasteiger charge is -2.05. The van der Waals surface area contributed by atoms with Gasteiger partial charge in [-0.2, -0.15) is 0 Å². The van der Waals surface area contributed by atoms with Crippen LogP contribution in [0.25, 0.3) is 6.08 Å². The van der Waals surface area contributed by atoms with E-state index in [4.69, 9.17) is 16.3 Å². The SMILES string of the molecule is Cc1ccc(/C=C/S(=O)(=O)NCC(=O)OCC(=O)c2cccc(Cl)c2)cc1. The van der Waals surface area contributed by atoms with E-state index in [-0.39, 0.29) is 0 Å². The summed E-state index contributed by atoms with van der Waals surface area (Å²) in [6.45, 7) is 0.845. The predicted octanol–water partition coefficient (Wildman–Crippen LogP) is 2.96. The summed E-state index contributed by atoms with van der Waals surface area (Å²) in [6.07, 6.45) is 1.41. The minimum absolute atomic E-state index is 0.303. The van der Waals surface area contributed by atoms with Gasteiger partial charge in [-0.15, -0.1) is 0 Å². The molecule has 1 N–H and O–H groups in total. The zero-order valence-corrected chi connectivity index (χ0v) is 16.1. The molecule has 2 rings (SSSR count). The van der Waals surface area contributed by atoms with Crippen molar-refractivity contribution in [2.24, 2.45) is 0 Å². The van der Waals surface area contributed by atoms with Gasteiger partial charge >= 0.3 is 5.97 Å². The molecule has 0 aliphatic carbocycles. The first-order valence-electron chi connectivity index (χ1n) is 7.94. The Morgan fingerprint density at radius 3 is 2.52 bits per heavy atom. The molecule has 0 heterocycles. The number of sulfonamides is 1. The first-order valence-corrected chi connectivity index (χ1v) is 9.86. The number of ketones is 1. The number of benzene rings is 2. The Bertz CT molecular complexity index is 952. The van der Waals surface area contributed by atoms with Crippen molar-refractivity contribution in [1.82, 2.24) is 4.72 Å². The highest BCUT2D eigenvalue weighted by Gasteiger charge is 2.13. The summed E-state index contributed by atoms with van der Waals surface area (Å²) in [5, 5.41) is 1.35. The molecule has 0 amide bonds. The molecule has 0 aliphatic heterocycles. The van der Waals surface area contributed by atoms with Crippen molar-refractivity contribution < 1.29 is 22.7 Å². The molecule has 0 aromatic heterocycles. The number of halogens is 1. The number of nitrogens with one attached hydrogen (secondary N) is 1. The third-order valence-electron chi connectivity index (χ3n) is 3.45. The molecule has 0 bridgehead atoms. The number of hydrogen-bond donors (Lipinski definition) is 1. The molecule has 0 radical (unpaired) electrons. The van der Waals surface area contributed by atoms with Crippen LogP contribution in [0.5, 0.6) is 0 Å². The van der Waals surface area contributed by atoms with Gasteiger partial charge in [-0.3, -0.25) is 9.59 Å². The first-order chi connectivity index (χ1) is 12.7. The van der Waals surface area contributed by atoms with Crippen LogP contribution in [-0.2, 0) is 19.6 Å². The van der Waals surface area contributed by atoms with Gasteiger partial charge in [-0.25, -0.2) is 13.1 Å². The second kappa shape index (κ2) is 9.45.